The highest BCUT2D eigenvalue weighted by molar-refractivity contribution is 8.00. The molecule has 3 aromatic rings. The number of thioether (sulfide) groups is 1. The standard InChI is InChI=1S/C19H18FN3O3S2/c1-2-26-14-7-8-15-16(9-14)28-19(22-15)23-18(25)11-27-10-17(24)21-13-5-3-12(20)4-6-13/h3-9H,2,10-11H2,1H3,(H,21,24)(H,22,23,25). The Bertz CT molecular complexity index is 976. The average Bonchev–Trinajstić information content (AvgIpc) is 3.05. The van der Waals surface area contributed by atoms with E-state index in [9.17, 15) is 14.0 Å². The number of nitrogens with zero attached hydrogens (tertiary/aromatic N) is 1. The molecular formula is C19H18FN3O3S2. The second-order valence-electron chi connectivity index (χ2n) is 5.68. The molecule has 0 fully saturated rings. The van der Waals surface area contributed by atoms with Crippen molar-refractivity contribution < 1.29 is 18.7 Å². The maximum atomic E-state index is 12.8. The third-order valence-corrected chi connectivity index (χ3v) is 5.38. The van der Waals surface area contributed by atoms with Crippen molar-refractivity contribution in [3.05, 3.63) is 48.3 Å². The molecule has 0 radical (unpaired) electrons. The number of carbonyl (C=O) groups excluding carboxylic acids is 2. The molecule has 0 aliphatic carbocycles. The minimum Gasteiger partial charge on any atom is -0.494 e. The zero-order chi connectivity index (χ0) is 19.9. The van der Waals surface area contributed by atoms with Crippen molar-refractivity contribution in [2.75, 3.05) is 28.7 Å². The Labute approximate surface area is 169 Å². The number of amides is 2. The van der Waals surface area contributed by atoms with E-state index in [0.717, 1.165) is 16.0 Å². The van der Waals surface area contributed by atoms with E-state index in [0.29, 0.717) is 17.4 Å². The predicted octanol–water partition coefficient (Wildman–Crippen LogP) is 4.14. The van der Waals surface area contributed by atoms with Gasteiger partial charge in [0.2, 0.25) is 11.8 Å². The summed E-state index contributed by atoms with van der Waals surface area (Å²) in [5.74, 6) is 0.142. The Kier molecular flexibility index (Phi) is 6.83. The fourth-order valence-electron chi connectivity index (χ4n) is 2.34. The third-order valence-electron chi connectivity index (χ3n) is 3.51. The normalized spacial score (nSPS) is 10.6. The van der Waals surface area contributed by atoms with Gasteiger partial charge in [0.25, 0.3) is 0 Å². The highest BCUT2D eigenvalue weighted by atomic mass is 32.2. The molecule has 0 aliphatic heterocycles. The van der Waals surface area contributed by atoms with Crippen LogP contribution in [0, 0.1) is 5.82 Å². The Morgan fingerprint density at radius 1 is 1.11 bits per heavy atom. The van der Waals surface area contributed by atoms with Crippen LogP contribution in [-0.2, 0) is 9.59 Å². The van der Waals surface area contributed by atoms with E-state index >= 15 is 0 Å². The van der Waals surface area contributed by atoms with Gasteiger partial charge in [0.05, 0.1) is 28.3 Å². The van der Waals surface area contributed by atoms with Gasteiger partial charge >= 0.3 is 0 Å². The van der Waals surface area contributed by atoms with Crippen LogP contribution >= 0.6 is 23.1 Å². The van der Waals surface area contributed by atoms with Crippen molar-refractivity contribution >= 4 is 55.9 Å². The van der Waals surface area contributed by atoms with Gasteiger partial charge in [-0.1, -0.05) is 11.3 Å². The average molecular weight is 420 g/mol. The molecular weight excluding hydrogens is 401 g/mol. The Morgan fingerprint density at radius 2 is 1.82 bits per heavy atom. The van der Waals surface area contributed by atoms with Gasteiger partial charge < -0.3 is 15.4 Å². The molecule has 0 aliphatic rings. The van der Waals surface area contributed by atoms with Crippen LogP contribution in [0.25, 0.3) is 10.2 Å². The van der Waals surface area contributed by atoms with E-state index < -0.39 is 0 Å². The number of benzene rings is 2. The SMILES string of the molecule is CCOc1ccc2nc(NC(=O)CSCC(=O)Nc3ccc(F)cc3)sc2c1. The number of hydrogen-bond acceptors (Lipinski definition) is 6. The number of halogens is 1. The summed E-state index contributed by atoms with van der Waals surface area (Å²) in [5.41, 5.74) is 1.30. The van der Waals surface area contributed by atoms with E-state index in [1.807, 2.05) is 25.1 Å². The van der Waals surface area contributed by atoms with Crippen LogP contribution in [0.1, 0.15) is 6.92 Å². The molecule has 1 heterocycles. The van der Waals surface area contributed by atoms with Gasteiger partial charge in [-0.15, -0.1) is 11.8 Å². The Hall–Kier alpha value is -2.65. The fourth-order valence-corrected chi connectivity index (χ4v) is 3.86. The lowest BCUT2D eigenvalue weighted by Crippen LogP contribution is -2.18. The first-order valence-electron chi connectivity index (χ1n) is 8.50. The lowest BCUT2D eigenvalue weighted by Gasteiger charge is -2.05. The van der Waals surface area contributed by atoms with Gasteiger partial charge in [-0.3, -0.25) is 9.59 Å². The van der Waals surface area contributed by atoms with Gasteiger partial charge in [-0.2, -0.15) is 0 Å². The number of nitrogens with one attached hydrogen (secondary N) is 2. The molecule has 6 nitrogen and oxygen atoms in total. The van der Waals surface area contributed by atoms with E-state index in [2.05, 4.69) is 15.6 Å². The topological polar surface area (TPSA) is 80.3 Å². The van der Waals surface area contributed by atoms with Crippen LogP contribution in [0.2, 0.25) is 0 Å². The molecule has 0 bridgehead atoms. The lowest BCUT2D eigenvalue weighted by molar-refractivity contribution is -0.114. The number of fused-ring (bicyclic) bond motifs is 1. The van der Waals surface area contributed by atoms with Crippen molar-refractivity contribution in [2.45, 2.75) is 6.92 Å². The predicted molar refractivity (Wildman–Crippen MR) is 112 cm³/mol. The molecule has 0 spiro atoms. The fraction of sp³-hybridized carbons (Fsp3) is 0.211. The zero-order valence-corrected chi connectivity index (χ0v) is 16.7. The maximum Gasteiger partial charge on any atom is 0.236 e. The van der Waals surface area contributed by atoms with Crippen LogP contribution in [0.15, 0.2) is 42.5 Å². The van der Waals surface area contributed by atoms with Gasteiger partial charge in [-0.25, -0.2) is 9.37 Å². The van der Waals surface area contributed by atoms with Crippen LogP contribution in [0.5, 0.6) is 5.75 Å². The summed E-state index contributed by atoms with van der Waals surface area (Å²) in [4.78, 5) is 28.3. The first-order valence-corrected chi connectivity index (χ1v) is 10.5. The highest BCUT2D eigenvalue weighted by Gasteiger charge is 2.10. The van der Waals surface area contributed by atoms with E-state index in [-0.39, 0.29) is 29.1 Å². The monoisotopic (exact) mass is 419 g/mol. The molecule has 9 heteroatoms. The summed E-state index contributed by atoms with van der Waals surface area (Å²) in [6.07, 6.45) is 0. The molecule has 2 amide bonds. The summed E-state index contributed by atoms with van der Waals surface area (Å²) in [6, 6.07) is 11.1. The largest absolute Gasteiger partial charge is 0.494 e. The molecule has 1 aromatic heterocycles. The molecule has 0 unspecified atom stereocenters. The lowest BCUT2D eigenvalue weighted by atomic mass is 10.3. The molecule has 3 rings (SSSR count). The van der Waals surface area contributed by atoms with Crippen molar-refractivity contribution in [1.29, 1.82) is 0 Å². The molecule has 28 heavy (non-hydrogen) atoms. The van der Waals surface area contributed by atoms with Crippen LogP contribution in [-0.4, -0.2) is 34.9 Å². The minimum absolute atomic E-state index is 0.113. The smallest absolute Gasteiger partial charge is 0.236 e. The summed E-state index contributed by atoms with van der Waals surface area (Å²) < 4.78 is 19.2. The van der Waals surface area contributed by atoms with Crippen LogP contribution in [0.4, 0.5) is 15.2 Å². The van der Waals surface area contributed by atoms with Crippen molar-refractivity contribution in [3.63, 3.8) is 0 Å². The van der Waals surface area contributed by atoms with E-state index in [4.69, 9.17) is 4.74 Å². The van der Waals surface area contributed by atoms with Crippen LogP contribution in [0.3, 0.4) is 0 Å². The molecule has 0 atom stereocenters. The molecule has 0 saturated carbocycles. The van der Waals surface area contributed by atoms with Gasteiger partial charge in [0.15, 0.2) is 5.13 Å². The number of rotatable bonds is 8. The highest BCUT2D eigenvalue weighted by Crippen LogP contribution is 2.29. The van der Waals surface area contributed by atoms with Crippen molar-refractivity contribution in [2.24, 2.45) is 0 Å². The number of aromatic nitrogens is 1. The van der Waals surface area contributed by atoms with Crippen LogP contribution < -0.4 is 15.4 Å². The van der Waals surface area contributed by atoms with Crippen molar-refractivity contribution in [1.82, 2.24) is 4.98 Å². The minimum atomic E-state index is -0.368. The summed E-state index contributed by atoms with van der Waals surface area (Å²) in [5, 5.41) is 5.90. The zero-order valence-electron chi connectivity index (χ0n) is 15.0. The third kappa shape index (κ3) is 5.67. The van der Waals surface area contributed by atoms with Gasteiger partial charge in [-0.05, 0) is 49.4 Å². The summed E-state index contributed by atoms with van der Waals surface area (Å²) >= 11 is 2.55. The first kappa shape index (κ1) is 20.1. The maximum absolute atomic E-state index is 12.8. The Morgan fingerprint density at radius 3 is 2.54 bits per heavy atom. The summed E-state index contributed by atoms with van der Waals surface area (Å²) in [7, 11) is 0. The number of ether oxygens (including phenoxy) is 1. The van der Waals surface area contributed by atoms with E-state index in [1.165, 1.54) is 47.4 Å². The number of carbonyl (C=O) groups is 2. The molecule has 0 saturated heterocycles. The number of hydrogen-bond donors (Lipinski definition) is 2. The first-order chi connectivity index (χ1) is 13.5. The second-order valence-corrected chi connectivity index (χ2v) is 7.69. The molecule has 2 N–H and O–H groups in total. The van der Waals surface area contributed by atoms with Gasteiger partial charge in [0, 0.05) is 5.69 Å². The molecule has 146 valence electrons. The quantitative estimate of drug-likeness (QED) is 0.574. The van der Waals surface area contributed by atoms with Gasteiger partial charge in [0.1, 0.15) is 11.6 Å². The second kappa shape index (κ2) is 9.52. The Balaban J connectivity index is 1.45. The number of thiazole rings is 1. The molecule has 2 aromatic carbocycles. The summed E-state index contributed by atoms with van der Waals surface area (Å²) in [6.45, 7) is 2.50. The van der Waals surface area contributed by atoms with E-state index in [1.54, 1.807) is 0 Å². The number of anilines is 2. The van der Waals surface area contributed by atoms with Crippen molar-refractivity contribution in [3.8, 4) is 5.75 Å².